The molecule has 0 bridgehead atoms. The molecule has 1 atom stereocenters. The molecule has 0 aliphatic rings. The number of amides is 1. The predicted octanol–water partition coefficient (Wildman–Crippen LogP) is 4.45. The van der Waals surface area contributed by atoms with Crippen LogP contribution in [0.4, 0.5) is 5.69 Å². The topological polar surface area (TPSA) is 41.6 Å². The second-order valence-electron chi connectivity index (χ2n) is 6.33. The van der Waals surface area contributed by atoms with Crippen molar-refractivity contribution >= 4 is 23.2 Å². The van der Waals surface area contributed by atoms with Gasteiger partial charge in [-0.3, -0.25) is 4.79 Å². The van der Waals surface area contributed by atoms with E-state index >= 15 is 0 Å². The van der Waals surface area contributed by atoms with Gasteiger partial charge in [0.2, 0.25) is 0 Å². The lowest BCUT2D eigenvalue weighted by atomic mass is 10.2. The van der Waals surface area contributed by atoms with Crippen molar-refractivity contribution in [2.45, 2.75) is 32.8 Å². The van der Waals surface area contributed by atoms with E-state index in [-0.39, 0.29) is 5.91 Å². The quantitative estimate of drug-likeness (QED) is 0.659. The number of carbonyl (C=O) groups excluding carboxylic acids is 1. The Morgan fingerprint density at radius 3 is 2.62 bits per heavy atom. The number of anilines is 1. The highest BCUT2D eigenvalue weighted by molar-refractivity contribution is 6.31. The van der Waals surface area contributed by atoms with Crippen molar-refractivity contribution in [1.82, 2.24) is 5.32 Å². The largest absolute Gasteiger partial charge is 0.481 e. The van der Waals surface area contributed by atoms with Gasteiger partial charge in [0.1, 0.15) is 5.75 Å². The number of hydrogen-bond acceptors (Lipinski definition) is 3. The maximum absolute atomic E-state index is 12.4. The Hall–Kier alpha value is -2.20. The number of benzene rings is 2. The van der Waals surface area contributed by atoms with Gasteiger partial charge in [0.15, 0.2) is 6.10 Å². The number of rotatable bonds is 9. The van der Waals surface area contributed by atoms with E-state index in [1.165, 1.54) is 5.69 Å². The molecule has 0 fully saturated rings. The fourth-order valence-corrected chi connectivity index (χ4v) is 2.75. The molecule has 0 saturated heterocycles. The molecule has 1 N–H and O–H groups in total. The molecule has 0 unspecified atom stereocenters. The summed E-state index contributed by atoms with van der Waals surface area (Å²) in [7, 11) is 2.05. The van der Waals surface area contributed by atoms with E-state index in [0.29, 0.717) is 23.7 Å². The summed E-state index contributed by atoms with van der Waals surface area (Å²) in [6.07, 6.45) is 0.979. The van der Waals surface area contributed by atoms with E-state index in [9.17, 15) is 4.79 Å². The second-order valence-corrected chi connectivity index (χ2v) is 6.73. The number of nitrogens with zero attached hydrogens (tertiary/aromatic N) is 1. The molecule has 5 heteroatoms. The van der Waals surface area contributed by atoms with Crippen LogP contribution in [-0.2, 0) is 4.79 Å². The molecule has 0 aliphatic heterocycles. The van der Waals surface area contributed by atoms with Crippen LogP contribution in [0.2, 0.25) is 5.02 Å². The molecule has 26 heavy (non-hydrogen) atoms. The van der Waals surface area contributed by atoms with Crippen molar-refractivity contribution in [1.29, 1.82) is 0 Å². The van der Waals surface area contributed by atoms with Gasteiger partial charge in [-0.1, -0.05) is 36.7 Å². The first-order valence-corrected chi connectivity index (χ1v) is 9.35. The predicted molar refractivity (Wildman–Crippen MR) is 108 cm³/mol. The maximum Gasteiger partial charge on any atom is 0.261 e. The van der Waals surface area contributed by atoms with Gasteiger partial charge in [-0.15, -0.1) is 0 Å². The number of ether oxygens (including phenoxy) is 1. The maximum atomic E-state index is 12.4. The van der Waals surface area contributed by atoms with Crippen molar-refractivity contribution < 1.29 is 9.53 Å². The Bertz CT molecular complexity index is 706. The first-order chi connectivity index (χ1) is 12.5. The van der Waals surface area contributed by atoms with Gasteiger partial charge in [-0.05, 0) is 55.7 Å². The van der Waals surface area contributed by atoms with Gasteiger partial charge < -0.3 is 15.0 Å². The standard InChI is InChI=1S/C21H27ClN2O2/c1-4-20(26-18-11-12-19(22)16(2)15-18)21(25)23-13-8-14-24(3)17-9-6-5-7-10-17/h5-7,9-12,15,20H,4,8,13-14H2,1-3H3,(H,23,25)/t20-/m0/s1. The van der Waals surface area contributed by atoms with E-state index in [4.69, 9.17) is 16.3 Å². The first-order valence-electron chi connectivity index (χ1n) is 8.98. The summed E-state index contributed by atoms with van der Waals surface area (Å²) in [5.41, 5.74) is 2.11. The zero-order chi connectivity index (χ0) is 18.9. The number of para-hydroxylation sites is 1. The molecule has 1 amide bonds. The molecule has 4 nitrogen and oxygen atoms in total. The van der Waals surface area contributed by atoms with Crippen molar-refractivity contribution in [2.24, 2.45) is 0 Å². The van der Waals surface area contributed by atoms with Crippen molar-refractivity contribution in [2.75, 3.05) is 25.0 Å². The van der Waals surface area contributed by atoms with E-state index < -0.39 is 6.10 Å². The average molecular weight is 375 g/mol. The Labute approximate surface area is 161 Å². The lowest BCUT2D eigenvalue weighted by Crippen LogP contribution is -2.39. The third-order valence-corrected chi connectivity index (χ3v) is 4.66. The molecular formula is C21H27ClN2O2. The van der Waals surface area contributed by atoms with Gasteiger partial charge in [0, 0.05) is 30.8 Å². The molecule has 0 heterocycles. The summed E-state index contributed by atoms with van der Waals surface area (Å²) in [5.74, 6) is 0.583. The first kappa shape index (κ1) is 20.1. The highest BCUT2D eigenvalue weighted by Gasteiger charge is 2.18. The minimum Gasteiger partial charge on any atom is -0.481 e. The van der Waals surface area contributed by atoms with Crippen LogP contribution < -0.4 is 15.0 Å². The number of aryl methyl sites for hydroxylation is 1. The fraction of sp³-hybridized carbons (Fsp3) is 0.381. The Morgan fingerprint density at radius 1 is 1.23 bits per heavy atom. The summed E-state index contributed by atoms with van der Waals surface area (Å²) in [6.45, 7) is 5.35. The lowest BCUT2D eigenvalue weighted by Gasteiger charge is -2.20. The van der Waals surface area contributed by atoms with Crippen molar-refractivity contribution in [3.63, 3.8) is 0 Å². The van der Waals surface area contributed by atoms with Gasteiger partial charge in [-0.2, -0.15) is 0 Å². The van der Waals surface area contributed by atoms with Crippen molar-refractivity contribution in [3.8, 4) is 5.75 Å². The molecule has 0 aromatic heterocycles. The molecular weight excluding hydrogens is 348 g/mol. The molecule has 0 spiro atoms. The van der Waals surface area contributed by atoms with Crippen LogP contribution in [-0.4, -0.2) is 32.1 Å². The average Bonchev–Trinajstić information content (AvgIpc) is 2.66. The zero-order valence-electron chi connectivity index (χ0n) is 15.7. The summed E-state index contributed by atoms with van der Waals surface area (Å²) in [6, 6.07) is 15.6. The van der Waals surface area contributed by atoms with Gasteiger partial charge >= 0.3 is 0 Å². The molecule has 0 radical (unpaired) electrons. The van der Waals surface area contributed by atoms with E-state index in [1.54, 1.807) is 12.1 Å². The van der Waals surface area contributed by atoms with Crippen LogP contribution in [0.5, 0.6) is 5.75 Å². The van der Waals surface area contributed by atoms with Crippen LogP contribution in [0.15, 0.2) is 48.5 Å². The molecule has 140 valence electrons. The highest BCUT2D eigenvalue weighted by atomic mass is 35.5. The SMILES string of the molecule is CC[C@H](Oc1ccc(Cl)c(C)c1)C(=O)NCCCN(C)c1ccccc1. The minimum absolute atomic E-state index is 0.0810. The van der Waals surface area contributed by atoms with E-state index in [0.717, 1.165) is 18.5 Å². The van der Waals surface area contributed by atoms with Crippen LogP contribution in [0.25, 0.3) is 0 Å². The van der Waals surface area contributed by atoms with Crippen LogP contribution >= 0.6 is 11.6 Å². The molecule has 2 rings (SSSR count). The fourth-order valence-electron chi connectivity index (χ4n) is 2.63. The van der Waals surface area contributed by atoms with Crippen LogP contribution in [0.1, 0.15) is 25.3 Å². The summed E-state index contributed by atoms with van der Waals surface area (Å²) in [5, 5.41) is 3.66. The molecule has 2 aromatic carbocycles. The second kappa shape index (κ2) is 10.1. The third kappa shape index (κ3) is 5.95. The highest BCUT2D eigenvalue weighted by Crippen LogP contribution is 2.22. The number of nitrogens with one attached hydrogen (secondary N) is 1. The minimum atomic E-state index is -0.498. The number of carbonyl (C=O) groups is 1. The number of halogens is 1. The smallest absolute Gasteiger partial charge is 0.261 e. The van der Waals surface area contributed by atoms with Gasteiger partial charge in [0.25, 0.3) is 5.91 Å². The van der Waals surface area contributed by atoms with Gasteiger partial charge in [-0.25, -0.2) is 0 Å². The van der Waals surface area contributed by atoms with Crippen LogP contribution in [0.3, 0.4) is 0 Å². The summed E-state index contributed by atoms with van der Waals surface area (Å²) in [4.78, 5) is 14.5. The van der Waals surface area contributed by atoms with Gasteiger partial charge in [0.05, 0.1) is 0 Å². The van der Waals surface area contributed by atoms with E-state index in [1.807, 2.05) is 38.1 Å². The van der Waals surface area contributed by atoms with Crippen molar-refractivity contribution in [3.05, 3.63) is 59.1 Å². The Morgan fingerprint density at radius 2 is 1.96 bits per heavy atom. The summed E-state index contributed by atoms with van der Waals surface area (Å²) < 4.78 is 5.83. The third-order valence-electron chi connectivity index (χ3n) is 4.24. The Balaban J connectivity index is 1.77. The van der Waals surface area contributed by atoms with Crippen LogP contribution in [0, 0.1) is 6.92 Å². The number of hydrogen-bond donors (Lipinski definition) is 1. The summed E-state index contributed by atoms with van der Waals surface area (Å²) >= 11 is 6.03. The van der Waals surface area contributed by atoms with E-state index in [2.05, 4.69) is 29.4 Å². The molecule has 0 saturated carbocycles. The molecule has 0 aliphatic carbocycles. The normalized spacial score (nSPS) is 11.7. The zero-order valence-corrected chi connectivity index (χ0v) is 16.4. The Kier molecular flexibility index (Phi) is 7.79. The lowest BCUT2D eigenvalue weighted by molar-refractivity contribution is -0.128. The monoisotopic (exact) mass is 374 g/mol. The molecule has 2 aromatic rings.